The number of primary amides is 1. The third kappa shape index (κ3) is 4.51. The first kappa shape index (κ1) is 13.0. The average molecular weight is 233 g/mol. The summed E-state index contributed by atoms with van der Waals surface area (Å²) in [6, 6.07) is 7.09. The van der Waals surface area contributed by atoms with Gasteiger partial charge in [0.1, 0.15) is 12.0 Å². The number of carbonyl (C=O) groups excluding carboxylic acids is 2. The number of rotatable bonds is 6. The van der Waals surface area contributed by atoms with Crippen molar-refractivity contribution in [2.24, 2.45) is 5.73 Å². The minimum absolute atomic E-state index is 0.135. The second-order valence-corrected chi connectivity index (χ2v) is 3.51. The summed E-state index contributed by atoms with van der Waals surface area (Å²) >= 11 is 0. The van der Waals surface area contributed by atoms with E-state index >= 15 is 0 Å². The van der Waals surface area contributed by atoms with E-state index in [1.165, 1.54) is 0 Å². The fourth-order valence-electron chi connectivity index (χ4n) is 1.25. The van der Waals surface area contributed by atoms with Crippen LogP contribution in [-0.4, -0.2) is 18.8 Å². The van der Waals surface area contributed by atoms with Crippen LogP contribution in [0.15, 0.2) is 29.8 Å². The molecule has 0 atom stereocenters. The van der Waals surface area contributed by atoms with Crippen LogP contribution in [0.1, 0.15) is 18.9 Å². The Hall–Kier alpha value is -2.10. The lowest BCUT2D eigenvalue weighted by atomic mass is 10.1. The summed E-state index contributed by atoms with van der Waals surface area (Å²) < 4.78 is 5.12. The molecule has 90 valence electrons. The Morgan fingerprint density at radius 3 is 2.47 bits per heavy atom. The van der Waals surface area contributed by atoms with Gasteiger partial charge in [0.25, 0.3) is 5.91 Å². The first-order chi connectivity index (χ1) is 8.15. The van der Waals surface area contributed by atoms with E-state index in [9.17, 15) is 9.59 Å². The lowest BCUT2D eigenvalue weighted by Crippen LogP contribution is -2.19. The Morgan fingerprint density at radius 2 is 2.00 bits per heavy atom. The van der Waals surface area contributed by atoms with Gasteiger partial charge in [0, 0.05) is 0 Å². The predicted octanol–water partition coefficient (Wildman–Crippen LogP) is 1.54. The molecule has 0 saturated carbocycles. The van der Waals surface area contributed by atoms with Gasteiger partial charge in [0.05, 0.1) is 0 Å². The number of allylic oxidation sites excluding steroid dienone is 1. The van der Waals surface area contributed by atoms with Crippen LogP contribution in [0.4, 0.5) is 0 Å². The number of hydrogen-bond donors (Lipinski definition) is 1. The maximum absolute atomic E-state index is 10.6. The van der Waals surface area contributed by atoms with Gasteiger partial charge in [-0.2, -0.15) is 0 Å². The topological polar surface area (TPSA) is 69.4 Å². The Balaban J connectivity index is 2.70. The summed E-state index contributed by atoms with van der Waals surface area (Å²) in [6.45, 7) is 1.79. The van der Waals surface area contributed by atoms with E-state index in [0.29, 0.717) is 12.2 Å². The first-order valence-corrected chi connectivity index (χ1v) is 5.32. The first-order valence-electron chi connectivity index (χ1n) is 5.32. The van der Waals surface area contributed by atoms with E-state index in [2.05, 4.69) is 0 Å². The molecule has 4 nitrogen and oxygen atoms in total. The highest BCUT2D eigenvalue weighted by Gasteiger charge is 1.98. The number of nitrogens with two attached hydrogens (primary N) is 1. The molecular weight excluding hydrogens is 218 g/mol. The summed E-state index contributed by atoms with van der Waals surface area (Å²) in [5, 5.41) is 0. The summed E-state index contributed by atoms with van der Waals surface area (Å²) in [5.74, 6) is 0.0632. The Bertz CT molecular complexity index is 421. The van der Waals surface area contributed by atoms with Crippen LogP contribution in [0.5, 0.6) is 5.75 Å². The highest BCUT2D eigenvalue weighted by molar-refractivity contribution is 5.81. The number of aldehydes is 1. The fraction of sp³-hybridized carbons (Fsp3) is 0.231. The number of hydrogen-bond acceptors (Lipinski definition) is 3. The van der Waals surface area contributed by atoms with Crippen molar-refractivity contribution in [2.75, 3.05) is 6.61 Å². The molecule has 0 radical (unpaired) electrons. The molecular formula is C13H15NO3. The molecule has 0 aliphatic rings. The molecule has 0 aliphatic carbocycles. The second-order valence-electron chi connectivity index (χ2n) is 3.51. The lowest BCUT2D eigenvalue weighted by molar-refractivity contribution is -0.120. The van der Waals surface area contributed by atoms with E-state index in [1.807, 2.05) is 25.1 Å². The predicted molar refractivity (Wildman–Crippen MR) is 65.5 cm³/mol. The number of ether oxygens (including phenoxy) is 1. The van der Waals surface area contributed by atoms with Crippen molar-refractivity contribution in [3.8, 4) is 5.75 Å². The molecule has 0 spiro atoms. The molecule has 4 heteroatoms. The zero-order valence-corrected chi connectivity index (χ0v) is 9.68. The van der Waals surface area contributed by atoms with Crippen molar-refractivity contribution in [3.63, 3.8) is 0 Å². The third-order valence-electron chi connectivity index (χ3n) is 2.17. The smallest absolute Gasteiger partial charge is 0.255 e. The standard InChI is InChI=1S/C13H15NO3/c1-2-10(8-15)7-11-3-5-12(6-4-11)17-9-13(14)16/h3-8H,2,9H2,1H3,(H2,14,16). The molecule has 0 heterocycles. The maximum Gasteiger partial charge on any atom is 0.255 e. The second kappa shape index (κ2) is 6.48. The van der Waals surface area contributed by atoms with Gasteiger partial charge in [-0.15, -0.1) is 0 Å². The van der Waals surface area contributed by atoms with Gasteiger partial charge in [-0.1, -0.05) is 19.1 Å². The zero-order chi connectivity index (χ0) is 12.7. The Labute approximate surface area is 100 Å². The van der Waals surface area contributed by atoms with Gasteiger partial charge in [0.2, 0.25) is 0 Å². The monoisotopic (exact) mass is 233 g/mol. The average Bonchev–Trinajstić information content (AvgIpc) is 2.34. The van der Waals surface area contributed by atoms with Gasteiger partial charge in [-0.25, -0.2) is 0 Å². The highest BCUT2D eigenvalue weighted by atomic mass is 16.5. The van der Waals surface area contributed by atoms with Crippen molar-refractivity contribution in [3.05, 3.63) is 35.4 Å². The van der Waals surface area contributed by atoms with Gasteiger partial charge in [-0.05, 0) is 35.8 Å². The lowest BCUT2D eigenvalue weighted by Gasteiger charge is -2.03. The molecule has 0 aromatic heterocycles. The van der Waals surface area contributed by atoms with Crippen LogP contribution >= 0.6 is 0 Å². The van der Waals surface area contributed by atoms with Crippen LogP contribution in [-0.2, 0) is 9.59 Å². The minimum atomic E-state index is -0.511. The quantitative estimate of drug-likeness (QED) is 0.598. The summed E-state index contributed by atoms with van der Waals surface area (Å²) in [6.07, 6.45) is 3.35. The van der Waals surface area contributed by atoms with Crippen LogP contribution in [0.25, 0.3) is 6.08 Å². The highest BCUT2D eigenvalue weighted by Crippen LogP contribution is 2.14. The fourth-order valence-corrected chi connectivity index (χ4v) is 1.25. The maximum atomic E-state index is 10.6. The molecule has 0 aliphatic heterocycles. The molecule has 0 saturated heterocycles. The van der Waals surface area contributed by atoms with Crippen LogP contribution in [0, 0.1) is 0 Å². The number of amides is 1. The number of carbonyl (C=O) groups is 2. The van der Waals surface area contributed by atoms with E-state index < -0.39 is 5.91 Å². The summed E-state index contributed by atoms with van der Waals surface area (Å²) in [4.78, 5) is 21.2. The van der Waals surface area contributed by atoms with Gasteiger partial charge in [0.15, 0.2) is 6.61 Å². The molecule has 0 unspecified atom stereocenters. The molecule has 1 aromatic carbocycles. The Kier molecular flexibility index (Phi) is 4.94. The van der Waals surface area contributed by atoms with Gasteiger partial charge < -0.3 is 10.5 Å². The van der Waals surface area contributed by atoms with Crippen molar-refractivity contribution in [1.82, 2.24) is 0 Å². The Morgan fingerprint density at radius 1 is 1.35 bits per heavy atom. The van der Waals surface area contributed by atoms with Crippen molar-refractivity contribution >= 4 is 18.3 Å². The van der Waals surface area contributed by atoms with E-state index in [-0.39, 0.29) is 6.61 Å². The molecule has 17 heavy (non-hydrogen) atoms. The molecule has 0 fully saturated rings. The minimum Gasteiger partial charge on any atom is -0.484 e. The normalized spacial score (nSPS) is 11.0. The SMILES string of the molecule is CCC(C=O)=Cc1ccc(OCC(N)=O)cc1. The summed E-state index contributed by atoms with van der Waals surface area (Å²) in [5.41, 5.74) is 6.61. The molecule has 1 aromatic rings. The third-order valence-corrected chi connectivity index (χ3v) is 2.17. The van der Waals surface area contributed by atoms with E-state index in [0.717, 1.165) is 17.4 Å². The molecule has 1 amide bonds. The molecule has 1 rings (SSSR count). The van der Waals surface area contributed by atoms with Crippen LogP contribution < -0.4 is 10.5 Å². The van der Waals surface area contributed by atoms with Crippen molar-refractivity contribution in [1.29, 1.82) is 0 Å². The largest absolute Gasteiger partial charge is 0.484 e. The number of benzene rings is 1. The van der Waals surface area contributed by atoms with E-state index in [1.54, 1.807) is 12.1 Å². The summed E-state index contributed by atoms with van der Waals surface area (Å²) in [7, 11) is 0. The van der Waals surface area contributed by atoms with Crippen LogP contribution in [0.2, 0.25) is 0 Å². The molecule has 2 N–H and O–H groups in total. The zero-order valence-electron chi connectivity index (χ0n) is 9.68. The van der Waals surface area contributed by atoms with E-state index in [4.69, 9.17) is 10.5 Å². The van der Waals surface area contributed by atoms with Gasteiger partial charge in [-0.3, -0.25) is 9.59 Å². The van der Waals surface area contributed by atoms with Crippen LogP contribution in [0.3, 0.4) is 0 Å². The van der Waals surface area contributed by atoms with Crippen molar-refractivity contribution < 1.29 is 14.3 Å². The van der Waals surface area contributed by atoms with Gasteiger partial charge >= 0.3 is 0 Å². The molecule has 0 bridgehead atoms. The van der Waals surface area contributed by atoms with Crippen molar-refractivity contribution in [2.45, 2.75) is 13.3 Å².